The van der Waals surface area contributed by atoms with E-state index in [0.717, 1.165) is 12.8 Å². The minimum Gasteiger partial charge on any atom is -0.489 e. The zero-order valence-corrected chi connectivity index (χ0v) is 15.5. The number of benzene rings is 3. The topological polar surface area (TPSA) is 66.0 Å². The van der Waals surface area contributed by atoms with Crippen LogP contribution in [0.2, 0.25) is 0 Å². The van der Waals surface area contributed by atoms with Gasteiger partial charge in [-0.25, -0.2) is 0 Å². The molecule has 0 aliphatic rings. The number of nitrogens with zero attached hydrogens (tertiary/aromatic N) is 2. The maximum absolute atomic E-state index is 9.30. The summed E-state index contributed by atoms with van der Waals surface area (Å²) in [6, 6.07) is 27.3. The lowest BCUT2D eigenvalue weighted by Crippen LogP contribution is -2.07. The molecular formula is C24H20N2O2. The van der Waals surface area contributed by atoms with Crippen molar-refractivity contribution >= 4 is 0 Å². The summed E-state index contributed by atoms with van der Waals surface area (Å²) in [7, 11) is 0. The first kappa shape index (κ1) is 19.0. The number of hydrogen-bond acceptors (Lipinski definition) is 4. The molecule has 0 amide bonds. The Bertz CT molecular complexity index is 904. The molecule has 0 aromatic heterocycles. The lowest BCUT2D eigenvalue weighted by Gasteiger charge is -2.14. The molecule has 138 valence electrons. The molecule has 3 rings (SSSR count). The molecule has 0 aliphatic carbocycles. The highest BCUT2D eigenvalue weighted by atomic mass is 16.5. The summed E-state index contributed by atoms with van der Waals surface area (Å²) in [5.41, 5.74) is 2.91. The Morgan fingerprint density at radius 1 is 0.607 bits per heavy atom. The molecule has 0 saturated carbocycles. The van der Waals surface area contributed by atoms with Gasteiger partial charge in [-0.15, -0.1) is 0 Å². The van der Waals surface area contributed by atoms with Crippen LogP contribution in [0, 0.1) is 22.7 Å². The van der Waals surface area contributed by atoms with E-state index in [9.17, 15) is 10.5 Å². The van der Waals surface area contributed by atoms with Crippen LogP contribution >= 0.6 is 0 Å². The standard InChI is InChI=1S/C24H20N2O2/c25-17-21-15-23(27-13-11-19-7-3-1-4-8-19)24(16-22(21)18-26)28-14-12-20-9-5-2-6-10-20/h1-10,15-16H,11-14H2. The van der Waals surface area contributed by atoms with E-state index >= 15 is 0 Å². The molecule has 0 saturated heterocycles. The van der Waals surface area contributed by atoms with Crippen LogP contribution in [0.15, 0.2) is 72.8 Å². The first-order chi connectivity index (χ1) is 13.8. The first-order valence-electron chi connectivity index (χ1n) is 9.12. The maximum Gasteiger partial charge on any atom is 0.162 e. The maximum atomic E-state index is 9.30. The van der Waals surface area contributed by atoms with Crippen molar-refractivity contribution in [2.24, 2.45) is 0 Å². The second-order valence-corrected chi connectivity index (χ2v) is 6.24. The molecule has 0 radical (unpaired) electrons. The number of nitriles is 2. The molecule has 4 heteroatoms. The van der Waals surface area contributed by atoms with E-state index in [1.54, 1.807) is 12.1 Å². The fourth-order valence-corrected chi connectivity index (χ4v) is 2.82. The van der Waals surface area contributed by atoms with Crippen LogP contribution in [0.4, 0.5) is 0 Å². The molecule has 0 atom stereocenters. The quantitative estimate of drug-likeness (QED) is 0.579. The van der Waals surface area contributed by atoms with Gasteiger partial charge in [-0.3, -0.25) is 0 Å². The fraction of sp³-hybridized carbons (Fsp3) is 0.167. The molecule has 0 spiro atoms. The first-order valence-corrected chi connectivity index (χ1v) is 9.12. The summed E-state index contributed by atoms with van der Waals surface area (Å²) >= 11 is 0. The molecule has 3 aromatic carbocycles. The van der Waals surface area contributed by atoms with E-state index in [2.05, 4.69) is 0 Å². The van der Waals surface area contributed by atoms with Crippen molar-refractivity contribution in [3.8, 4) is 23.6 Å². The predicted octanol–water partition coefficient (Wildman–Crippen LogP) is 4.67. The Morgan fingerprint density at radius 3 is 1.36 bits per heavy atom. The third kappa shape index (κ3) is 5.13. The van der Waals surface area contributed by atoms with Gasteiger partial charge >= 0.3 is 0 Å². The van der Waals surface area contributed by atoms with Gasteiger partial charge in [0.15, 0.2) is 11.5 Å². The van der Waals surface area contributed by atoms with Crippen LogP contribution in [0.3, 0.4) is 0 Å². The van der Waals surface area contributed by atoms with Crippen molar-refractivity contribution in [2.45, 2.75) is 12.8 Å². The molecule has 0 fully saturated rings. The van der Waals surface area contributed by atoms with E-state index in [4.69, 9.17) is 9.47 Å². The Morgan fingerprint density at radius 2 is 1.00 bits per heavy atom. The van der Waals surface area contributed by atoms with E-state index in [1.807, 2.05) is 72.8 Å². The number of hydrogen-bond donors (Lipinski definition) is 0. The van der Waals surface area contributed by atoms with Crippen LogP contribution in [0.5, 0.6) is 11.5 Å². The third-order valence-electron chi connectivity index (χ3n) is 4.31. The molecule has 4 nitrogen and oxygen atoms in total. The molecule has 0 heterocycles. The normalized spacial score (nSPS) is 9.93. The van der Waals surface area contributed by atoms with Crippen molar-refractivity contribution < 1.29 is 9.47 Å². The number of ether oxygens (including phenoxy) is 2. The summed E-state index contributed by atoms with van der Waals surface area (Å²) in [5, 5.41) is 18.6. The van der Waals surface area contributed by atoms with Gasteiger partial charge in [-0.1, -0.05) is 60.7 Å². The Labute approximate surface area is 165 Å². The van der Waals surface area contributed by atoms with Crippen LogP contribution in [-0.2, 0) is 12.8 Å². The van der Waals surface area contributed by atoms with Gasteiger partial charge in [0.1, 0.15) is 12.1 Å². The summed E-state index contributed by atoms with van der Waals surface area (Å²) in [4.78, 5) is 0. The van der Waals surface area contributed by atoms with Crippen LogP contribution in [0.1, 0.15) is 22.3 Å². The fourth-order valence-electron chi connectivity index (χ4n) is 2.82. The van der Waals surface area contributed by atoms with Gasteiger partial charge in [-0.2, -0.15) is 10.5 Å². The highest BCUT2D eigenvalue weighted by molar-refractivity contribution is 5.56. The van der Waals surface area contributed by atoms with Crippen molar-refractivity contribution in [3.63, 3.8) is 0 Å². The highest BCUT2D eigenvalue weighted by Gasteiger charge is 2.12. The van der Waals surface area contributed by atoms with Gasteiger partial charge in [0.2, 0.25) is 0 Å². The van der Waals surface area contributed by atoms with E-state index in [1.165, 1.54) is 11.1 Å². The lowest BCUT2D eigenvalue weighted by molar-refractivity contribution is 0.272. The Balaban J connectivity index is 1.70. The molecule has 0 unspecified atom stereocenters. The molecule has 3 aromatic rings. The minimum absolute atomic E-state index is 0.285. The zero-order chi connectivity index (χ0) is 19.6. The van der Waals surface area contributed by atoms with Gasteiger partial charge < -0.3 is 9.47 Å². The molecule has 0 aliphatic heterocycles. The average Bonchev–Trinajstić information content (AvgIpc) is 2.75. The molecule has 28 heavy (non-hydrogen) atoms. The predicted molar refractivity (Wildman–Crippen MR) is 107 cm³/mol. The second-order valence-electron chi connectivity index (χ2n) is 6.24. The molecule has 0 N–H and O–H groups in total. The average molecular weight is 368 g/mol. The Hall–Kier alpha value is -3.76. The van der Waals surface area contributed by atoms with Crippen LogP contribution in [-0.4, -0.2) is 13.2 Å². The smallest absolute Gasteiger partial charge is 0.162 e. The summed E-state index contributed by atoms with van der Waals surface area (Å²) in [6.07, 6.45) is 1.48. The summed E-state index contributed by atoms with van der Waals surface area (Å²) in [5.74, 6) is 0.971. The third-order valence-corrected chi connectivity index (χ3v) is 4.31. The van der Waals surface area contributed by atoms with Gasteiger partial charge in [0, 0.05) is 25.0 Å². The zero-order valence-electron chi connectivity index (χ0n) is 15.5. The lowest BCUT2D eigenvalue weighted by atomic mass is 10.1. The molecular weight excluding hydrogens is 348 g/mol. The van der Waals surface area contributed by atoms with E-state index in [-0.39, 0.29) is 11.1 Å². The number of rotatable bonds is 8. The second kappa shape index (κ2) is 9.80. The molecule has 0 bridgehead atoms. The van der Waals surface area contributed by atoms with Crippen molar-refractivity contribution in [1.29, 1.82) is 10.5 Å². The van der Waals surface area contributed by atoms with Gasteiger partial charge in [0.05, 0.1) is 24.3 Å². The van der Waals surface area contributed by atoms with Crippen LogP contribution < -0.4 is 9.47 Å². The summed E-state index contributed by atoms with van der Waals surface area (Å²) in [6.45, 7) is 0.908. The monoisotopic (exact) mass is 368 g/mol. The largest absolute Gasteiger partial charge is 0.489 e. The van der Waals surface area contributed by atoms with Crippen molar-refractivity contribution in [2.75, 3.05) is 13.2 Å². The van der Waals surface area contributed by atoms with Crippen molar-refractivity contribution in [3.05, 3.63) is 95.1 Å². The Kier molecular flexibility index (Phi) is 6.66. The van der Waals surface area contributed by atoms with Gasteiger partial charge in [0.25, 0.3) is 0 Å². The van der Waals surface area contributed by atoms with E-state index in [0.29, 0.717) is 24.7 Å². The van der Waals surface area contributed by atoms with E-state index < -0.39 is 0 Å². The van der Waals surface area contributed by atoms with Crippen LogP contribution in [0.25, 0.3) is 0 Å². The summed E-state index contributed by atoms with van der Waals surface area (Å²) < 4.78 is 11.8. The van der Waals surface area contributed by atoms with Gasteiger partial charge in [-0.05, 0) is 11.1 Å². The SMILES string of the molecule is N#Cc1cc(OCCc2ccccc2)c(OCCc2ccccc2)cc1C#N. The highest BCUT2D eigenvalue weighted by Crippen LogP contribution is 2.31. The minimum atomic E-state index is 0.285. The van der Waals surface area contributed by atoms with Crippen molar-refractivity contribution in [1.82, 2.24) is 0 Å².